The standard InChI is InChI=1S/C12H13Cl2NO3/c1-9(7-16)15-18-5-4-17-8-10-2-3-11(13)12(14)6-10/h2-3,6-7H,4-5,8H2,1H3/b15-9+. The van der Waals surface area contributed by atoms with Gasteiger partial charge < -0.3 is 9.57 Å². The van der Waals surface area contributed by atoms with Gasteiger partial charge in [0.1, 0.15) is 12.3 Å². The van der Waals surface area contributed by atoms with Crippen LogP contribution < -0.4 is 0 Å². The van der Waals surface area contributed by atoms with E-state index in [9.17, 15) is 4.79 Å². The van der Waals surface area contributed by atoms with E-state index in [-0.39, 0.29) is 6.61 Å². The van der Waals surface area contributed by atoms with E-state index in [1.54, 1.807) is 19.1 Å². The summed E-state index contributed by atoms with van der Waals surface area (Å²) >= 11 is 11.7. The van der Waals surface area contributed by atoms with Crippen LogP contribution in [0.5, 0.6) is 0 Å². The fourth-order valence-corrected chi connectivity index (χ4v) is 1.41. The zero-order valence-electron chi connectivity index (χ0n) is 9.86. The van der Waals surface area contributed by atoms with Crippen molar-refractivity contribution in [2.24, 2.45) is 5.16 Å². The Kier molecular flexibility index (Phi) is 6.72. The van der Waals surface area contributed by atoms with Gasteiger partial charge in [0.2, 0.25) is 0 Å². The third-order valence-corrected chi connectivity index (χ3v) is 2.69. The van der Waals surface area contributed by atoms with Gasteiger partial charge in [-0.2, -0.15) is 0 Å². The molecule has 1 aromatic rings. The minimum atomic E-state index is 0.284. The summed E-state index contributed by atoms with van der Waals surface area (Å²) in [5.74, 6) is 0. The molecule has 4 nitrogen and oxygen atoms in total. The first kappa shape index (κ1) is 15.0. The summed E-state index contributed by atoms with van der Waals surface area (Å²) in [6, 6.07) is 5.31. The van der Waals surface area contributed by atoms with E-state index in [1.165, 1.54) is 0 Å². The Morgan fingerprint density at radius 3 is 2.78 bits per heavy atom. The van der Waals surface area contributed by atoms with Crippen molar-refractivity contribution < 1.29 is 14.4 Å². The van der Waals surface area contributed by atoms with Crippen LogP contribution in [-0.2, 0) is 21.0 Å². The number of carbonyl (C=O) groups excluding carboxylic acids is 1. The van der Waals surface area contributed by atoms with Crippen molar-refractivity contribution >= 4 is 35.2 Å². The highest BCUT2D eigenvalue weighted by Gasteiger charge is 1.99. The van der Waals surface area contributed by atoms with E-state index >= 15 is 0 Å². The van der Waals surface area contributed by atoms with Gasteiger partial charge in [0, 0.05) is 0 Å². The molecule has 0 N–H and O–H groups in total. The Balaban J connectivity index is 2.22. The fourth-order valence-electron chi connectivity index (χ4n) is 1.08. The van der Waals surface area contributed by atoms with Gasteiger partial charge in [-0.05, 0) is 24.6 Å². The van der Waals surface area contributed by atoms with Gasteiger partial charge in [0.15, 0.2) is 6.29 Å². The van der Waals surface area contributed by atoms with Gasteiger partial charge >= 0.3 is 0 Å². The molecule has 0 saturated carbocycles. The molecule has 1 rings (SSSR count). The number of halogens is 2. The van der Waals surface area contributed by atoms with Crippen LogP contribution in [0.3, 0.4) is 0 Å². The van der Waals surface area contributed by atoms with Crippen molar-refractivity contribution in [1.82, 2.24) is 0 Å². The summed E-state index contributed by atoms with van der Waals surface area (Å²) in [5.41, 5.74) is 1.22. The van der Waals surface area contributed by atoms with Crippen molar-refractivity contribution in [3.63, 3.8) is 0 Å². The topological polar surface area (TPSA) is 47.9 Å². The van der Waals surface area contributed by atoms with E-state index in [2.05, 4.69) is 5.16 Å². The Morgan fingerprint density at radius 2 is 2.11 bits per heavy atom. The van der Waals surface area contributed by atoms with Crippen LogP contribution in [0.15, 0.2) is 23.4 Å². The molecule has 6 heteroatoms. The predicted molar refractivity (Wildman–Crippen MR) is 71.2 cm³/mol. The smallest absolute Gasteiger partial charge is 0.167 e. The van der Waals surface area contributed by atoms with E-state index in [0.717, 1.165) is 5.56 Å². The number of ether oxygens (including phenoxy) is 1. The molecular weight excluding hydrogens is 277 g/mol. The number of carbonyl (C=O) groups is 1. The van der Waals surface area contributed by atoms with Gasteiger partial charge in [-0.3, -0.25) is 4.79 Å². The van der Waals surface area contributed by atoms with Gasteiger partial charge in [-0.15, -0.1) is 0 Å². The molecule has 0 aromatic heterocycles. The average molecular weight is 290 g/mol. The SMILES string of the molecule is C/C(C=O)=N\OCCOCc1ccc(Cl)c(Cl)c1. The average Bonchev–Trinajstić information content (AvgIpc) is 2.37. The highest BCUT2D eigenvalue weighted by molar-refractivity contribution is 6.42. The highest BCUT2D eigenvalue weighted by atomic mass is 35.5. The quantitative estimate of drug-likeness (QED) is 0.335. The van der Waals surface area contributed by atoms with E-state index in [0.29, 0.717) is 35.3 Å². The number of nitrogens with zero attached hydrogens (tertiary/aromatic N) is 1. The van der Waals surface area contributed by atoms with Gasteiger partial charge in [-0.1, -0.05) is 34.4 Å². The lowest BCUT2D eigenvalue weighted by atomic mass is 10.2. The van der Waals surface area contributed by atoms with Crippen LogP contribution in [0.1, 0.15) is 12.5 Å². The monoisotopic (exact) mass is 289 g/mol. The van der Waals surface area contributed by atoms with Gasteiger partial charge in [-0.25, -0.2) is 0 Å². The maximum atomic E-state index is 10.2. The molecule has 0 radical (unpaired) electrons. The number of hydrogen-bond acceptors (Lipinski definition) is 4. The molecule has 0 saturated heterocycles. The van der Waals surface area contributed by atoms with Gasteiger partial charge in [0.05, 0.1) is 23.3 Å². The first-order chi connectivity index (χ1) is 8.63. The minimum absolute atomic E-state index is 0.284. The van der Waals surface area contributed by atoms with Crippen LogP contribution >= 0.6 is 23.2 Å². The summed E-state index contributed by atoms with van der Waals surface area (Å²) < 4.78 is 5.35. The normalized spacial score (nSPS) is 11.4. The predicted octanol–water partition coefficient (Wildman–Crippen LogP) is 3.10. The molecular formula is C12H13Cl2NO3. The molecule has 98 valence electrons. The summed E-state index contributed by atoms with van der Waals surface area (Å²) in [6.45, 7) is 2.63. The second kappa shape index (κ2) is 8.08. The number of rotatable bonds is 7. The van der Waals surface area contributed by atoms with E-state index < -0.39 is 0 Å². The first-order valence-electron chi connectivity index (χ1n) is 5.27. The van der Waals surface area contributed by atoms with Crippen molar-refractivity contribution in [2.75, 3.05) is 13.2 Å². The number of hydrogen-bond donors (Lipinski definition) is 0. The molecule has 0 spiro atoms. The summed E-state index contributed by atoms with van der Waals surface area (Å²) in [4.78, 5) is 15.1. The number of benzene rings is 1. The largest absolute Gasteiger partial charge is 0.393 e. The number of oxime groups is 1. The second-order valence-corrected chi connectivity index (χ2v) is 4.30. The molecule has 0 aliphatic heterocycles. The zero-order chi connectivity index (χ0) is 13.4. The first-order valence-corrected chi connectivity index (χ1v) is 6.02. The molecule has 1 aromatic carbocycles. The Morgan fingerprint density at radius 1 is 1.33 bits per heavy atom. The van der Waals surface area contributed by atoms with E-state index in [4.69, 9.17) is 32.8 Å². The third-order valence-electron chi connectivity index (χ3n) is 1.95. The van der Waals surface area contributed by atoms with Crippen LogP contribution in [0.4, 0.5) is 0 Å². The Hall–Kier alpha value is -1.10. The molecule has 0 fully saturated rings. The van der Waals surface area contributed by atoms with Crippen LogP contribution in [-0.4, -0.2) is 25.2 Å². The lowest BCUT2D eigenvalue weighted by Crippen LogP contribution is -2.03. The lowest BCUT2D eigenvalue weighted by Gasteiger charge is -2.05. The third kappa shape index (κ3) is 5.49. The molecule has 0 unspecified atom stereocenters. The maximum absolute atomic E-state index is 10.2. The lowest BCUT2D eigenvalue weighted by molar-refractivity contribution is -0.102. The highest BCUT2D eigenvalue weighted by Crippen LogP contribution is 2.22. The van der Waals surface area contributed by atoms with Crippen molar-refractivity contribution in [2.45, 2.75) is 13.5 Å². The Labute approximate surface area is 115 Å². The summed E-state index contributed by atoms with van der Waals surface area (Å²) in [6.07, 6.45) is 0.622. The van der Waals surface area contributed by atoms with E-state index in [1.807, 2.05) is 6.07 Å². The summed E-state index contributed by atoms with van der Waals surface area (Å²) in [5, 5.41) is 4.56. The minimum Gasteiger partial charge on any atom is -0.393 e. The number of aldehydes is 1. The summed E-state index contributed by atoms with van der Waals surface area (Å²) in [7, 11) is 0. The Bertz CT molecular complexity index is 435. The second-order valence-electron chi connectivity index (χ2n) is 3.48. The van der Waals surface area contributed by atoms with Crippen LogP contribution in [0, 0.1) is 0 Å². The van der Waals surface area contributed by atoms with Crippen molar-refractivity contribution in [3.05, 3.63) is 33.8 Å². The molecule has 0 aliphatic carbocycles. The molecule has 0 amide bonds. The van der Waals surface area contributed by atoms with Crippen LogP contribution in [0.2, 0.25) is 10.0 Å². The zero-order valence-corrected chi connectivity index (χ0v) is 11.4. The fraction of sp³-hybridized carbons (Fsp3) is 0.333. The molecule has 0 bridgehead atoms. The van der Waals surface area contributed by atoms with Gasteiger partial charge in [0.25, 0.3) is 0 Å². The molecule has 0 aliphatic rings. The van der Waals surface area contributed by atoms with Crippen LogP contribution in [0.25, 0.3) is 0 Å². The van der Waals surface area contributed by atoms with Crippen molar-refractivity contribution in [3.8, 4) is 0 Å². The van der Waals surface area contributed by atoms with Crippen molar-refractivity contribution in [1.29, 1.82) is 0 Å². The maximum Gasteiger partial charge on any atom is 0.167 e. The molecule has 0 atom stereocenters. The molecule has 0 heterocycles. The molecule has 18 heavy (non-hydrogen) atoms.